The second-order valence-electron chi connectivity index (χ2n) is 6.46. The summed E-state index contributed by atoms with van der Waals surface area (Å²) in [7, 11) is 0. The number of nitrogens with one attached hydrogen (secondary N) is 1. The zero-order chi connectivity index (χ0) is 13.8. The fraction of sp³-hybridized carbons (Fsp3) is 0.929. The van der Waals surface area contributed by atoms with Gasteiger partial charge in [-0.3, -0.25) is 4.79 Å². The van der Waals surface area contributed by atoms with E-state index < -0.39 is 0 Å². The standard InChI is InChI=1S/C14H28N2O2/c1-11(2)13(18)16-7-5-12(6-8-16)15-9-14(3,4)10-17/h11-12,15,17H,5-10H2,1-4H3. The molecular formula is C14H28N2O2. The molecular weight excluding hydrogens is 228 g/mol. The van der Waals surface area contributed by atoms with E-state index in [1.165, 1.54) is 0 Å². The summed E-state index contributed by atoms with van der Waals surface area (Å²) in [4.78, 5) is 13.8. The highest BCUT2D eigenvalue weighted by atomic mass is 16.3. The average Bonchev–Trinajstić information content (AvgIpc) is 2.36. The summed E-state index contributed by atoms with van der Waals surface area (Å²) in [5, 5.41) is 12.7. The Morgan fingerprint density at radius 1 is 1.39 bits per heavy atom. The van der Waals surface area contributed by atoms with Gasteiger partial charge < -0.3 is 15.3 Å². The Bertz CT molecular complexity index is 269. The van der Waals surface area contributed by atoms with Gasteiger partial charge in [-0.05, 0) is 12.8 Å². The van der Waals surface area contributed by atoms with E-state index >= 15 is 0 Å². The molecule has 0 saturated carbocycles. The quantitative estimate of drug-likeness (QED) is 0.778. The van der Waals surface area contributed by atoms with Crippen molar-refractivity contribution in [2.45, 2.75) is 46.6 Å². The SMILES string of the molecule is CC(C)C(=O)N1CCC(NCC(C)(C)CO)CC1. The minimum Gasteiger partial charge on any atom is -0.396 e. The predicted molar refractivity (Wildman–Crippen MR) is 73.3 cm³/mol. The molecule has 0 unspecified atom stereocenters. The van der Waals surface area contributed by atoms with Gasteiger partial charge >= 0.3 is 0 Å². The Hall–Kier alpha value is -0.610. The first-order valence-corrected chi connectivity index (χ1v) is 6.99. The van der Waals surface area contributed by atoms with Gasteiger partial charge in [-0.25, -0.2) is 0 Å². The van der Waals surface area contributed by atoms with E-state index in [1.807, 2.05) is 18.7 Å². The van der Waals surface area contributed by atoms with E-state index in [4.69, 9.17) is 0 Å². The van der Waals surface area contributed by atoms with Crippen molar-refractivity contribution in [3.8, 4) is 0 Å². The van der Waals surface area contributed by atoms with Crippen LogP contribution in [0.5, 0.6) is 0 Å². The van der Waals surface area contributed by atoms with E-state index in [1.54, 1.807) is 0 Å². The number of aliphatic hydroxyl groups excluding tert-OH is 1. The predicted octanol–water partition coefficient (Wildman–Crippen LogP) is 1.24. The number of rotatable bonds is 5. The Balaban J connectivity index is 2.30. The highest BCUT2D eigenvalue weighted by Crippen LogP contribution is 2.16. The number of nitrogens with zero attached hydrogens (tertiary/aromatic N) is 1. The first-order chi connectivity index (χ1) is 8.35. The van der Waals surface area contributed by atoms with Crippen LogP contribution in [0, 0.1) is 11.3 Å². The van der Waals surface area contributed by atoms with Gasteiger partial charge in [-0.1, -0.05) is 27.7 Å². The lowest BCUT2D eigenvalue weighted by atomic mass is 9.93. The van der Waals surface area contributed by atoms with Crippen LogP contribution in [0.4, 0.5) is 0 Å². The Kier molecular flexibility index (Phi) is 5.60. The molecule has 1 amide bonds. The van der Waals surface area contributed by atoms with Crippen molar-refractivity contribution in [2.75, 3.05) is 26.2 Å². The van der Waals surface area contributed by atoms with Gasteiger partial charge in [-0.2, -0.15) is 0 Å². The number of likely N-dealkylation sites (tertiary alicyclic amines) is 1. The molecule has 1 saturated heterocycles. The lowest BCUT2D eigenvalue weighted by molar-refractivity contribution is -0.135. The highest BCUT2D eigenvalue weighted by molar-refractivity contribution is 5.78. The van der Waals surface area contributed by atoms with Crippen LogP contribution in [0.1, 0.15) is 40.5 Å². The smallest absolute Gasteiger partial charge is 0.225 e. The molecule has 1 aliphatic rings. The van der Waals surface area contributed by atoms with Crippen molar-refractivity contribution < 1.29 is 9.90 Å². The number of carbonyl (C=O) groups excluding carboxylic acids is 1. The fourth-order valence-electron chi connectivity index (χ4n) is 2.15. The Labute approximate surface area is 111 Å². The summed E-state index contributed by atoms with van der Waals surface area (Å²) < 4.78 is 0. The molecule has 1 heterocycles. The molecule has 0 spiro atoms. The monoisotopic (exact) mass is 256 g/mol. The molecule has 0 aromatic rings. The van der Waals surface area contributed by atoms with E-state index in [2.05, 4.69) is 19.2 Å². The minimum atomic E-state index is -0.0646. The number of carbonyl (C=O) groups is 1. The Morgan fingerprint density at radius 2 is 1.94 bits per heavy atom. The van der Waals surface area contributed by atoms with Gasteiger partial charge in [0.25, 0.3) is 0 Å². The van der Waals surface area contributed by atoms with E-state index in [0.29, 0.717) is 6.04 Å². The van der Waals surface area contributed by atoms with Crippen LogP contribution in [0.2, 0.25) is 0 Å². The molecule has 0 aromatic carbocycles. The third kappa shape index (κ3) is 4.58. The molecule has 1 fully saturated rings. The molecule has 2 N–H and O–H groups in total. The molecule has 0 bridgehead atoms. The molecule has 0 radical (unpaired) electrons. The molecule has 106 valence electrons. The summed E-state index contributed by atoms with van der Waals surface area (Å²) in [5.74, 6) is 0.368. The first kappa shape index (κ1) is 15.4. The van der Waals surface area contributed by atoms with Crippen LogP contribution in [-0.4, -0.2) is 48.2 Å². The van der Waals surface area contributed by atoms with Gasteiger partial charge in [0.15, 0.2) is 0 Å². The molecule has 18 heavy (non-hydrogen) atoms. The van der Waals surface area contributed by atoms with Crippen molar-refractivity contribution in [3.63, 3.8) is 0 Å². The summed E-state index contributed by atoms with van der Waals surface area (Å²) in [6.07, 6.45) is 2.03. The maximum absolute atomic E-state index is 11.8. The highest BCUT2D eigenvalue weighted by Gasteiger charge is 2.25. The molecule has 0 atom stereocenters. The minimum absolute atomic E-state index is 0.0646. The summed E-state index contributed by atoms with van der Waals surface area (Å²) in [5.41, 5.74) is -0.0646. The van der Waals surface area contributed by atoms with Crippen molar-refractivity contribution in [1.82, 2.24) is 10.2 Å². The van der Waals surface area contributed by atoms with Crippen LogP contribution in [0.15, 0.2) is 0 Å². The number of amides is 1. The first-order valence-electron chi connectivity index (χ1n) is 6.99. The molecule has 0 aromatic heterocycles. The number of hydrogen-bond acceptors (Lipinski definition) is 3. The van der Waals surface area contributed by atoms with Crippen molar-refractivity contribution in [1.29, 1.82) is 0 Å². The zero-order valence-corrected chi connectivity index (χ0v) is 12.2. The lowest BCUT2D eigenvalue weighted by Crippen LogP contribution is -2.48. The number of aliphatic hydroxyl groups is 1. The Morgan fingerprint density at radius 3 is 2.39 bits per heavy atom. The maximum Gasteiger partial charge on any atom is 0.225 e. The van der Waals surface area contributed by atoms with Gasteiger partial charge in [0.05, 0.1) is 0 Å². The third-order valence-corrected chi connectivity index (χ3v) is 3.60. The maximum atomic E-state index is 11.8. The zero-order valence-electron chi connectivity index (χ0n) is 12.2. The lowest BCUT2D eigenvalue weighted by Gasteiger charge is -2.35. The van der Waals surface area contributed by atoms with E-state index in [0.717, 1.165) is 32.5 Å². The van der Waals surface area contributed by atoms with Crippen LogP contribution in [-0.2, 0) is 4.79 Å². The normalized spacial score (nSPS) is 18.4. The fourth-order valence-corrected chi connectivity index (χ4v) is 2.15. The van der Waals surface area contributed by atoms with Gasteiger partial charge in [0.2, 0.25) is 5.91 Å². The van der Waals surface area contributed by atoms with Gasteiger partial charge in [0, 0.05) is 43.6 Å². The van der Waals surface area contributed by atoms with Crippen molar-refractivity contribution in [3.05, 3.63) is 0 Å². The van der Waals surface area contributed by atoms with Crippen LogP contribution >= 0.6 is 0 Å². The van der Waals surface area contributed by atoms with Crippen molar-refractivity contribution in [2.24, 2.45) is 11.3 Å². The van der Waals surface area contributed by atoms with Crippen LogP contribution < -0.4 is 5.32 Å². The second-order valence-corrected chi connectivity index (χ2v) is 6.46. The van der Waals surface area contributed by atoms with Gasteiger partial charge in [-0.15, -0.1) is 0 Å². The second kappa shape index (κ2) is 6.53. The summed E-state index contributed by atoms with van der Waals surface area (Å²) in [6, 6.07) is 0.479. The molecule has 1 aliphatic heterocycles. The average molecular weight is 256 g/mol. The topological polar surface area (TPSA) is 52.6 Å². The molecule has 1 rings (SSSR count). The van der Waals surface area contributed by atoms with Crippen LogP contribution in [0.25, 0.3) is 0 Å². The molecule has 4 heteroatoms. The summed E-state index contributed by atoms with van der Waals surface area (Å²) >= 11 is 0. The van der Waals surface area contributed by atoms with E-state index in [-0.39, 0.29) is 23.8 Å². The molecule has 0 aliphatic carbocycles. The third-order valence-electron chi connectivity index (χ3n) is 3.60. The van der Waals surface area contributed by atoms with Gasteiger partial charge in [0.1, 0.15) is 0 Å². The summed E-state index contributed by atoms with van der Waals surface area (Å²) in [6.45, 7) is 10.8. The molecule has 4 nitrogen and oxygen atoms in total. The van der Waals surface area contributed by atoms with Crippen LogP contribution in [0.3, 0.4) is 0 Å². The largest absolute Gasteiger partial charge is 0.396 e. The van der Waals surface area contributed by atoms with Crippen molar-refractivity contribution >= 4 is 5.91 Å². The number of piperidine rings is 1. The number of hydrogen-bond donors (Lipinski definition) is 2. The van der Waals surface area contributed by atoms with E-state index in [9.17, 15) is 9.90 Å².